The zero-order chi connectivity index (χ0) is 11.7. The van der Waals surface area contributed by atoms with Crippen molar-refractivity contribution in [3.63, 3.8) is 0 Å². The summed E-state index contributed by atoms with van der Waals surface area (Å²) in [6.07, 6.45) is -0.383. The summed E-state index contributed by atoms with van der Waals surface area (Å²) < 4.78 is 4.81. The fourth-order valence-electron chi connectivity index (χ4n) is 1.59. The summed E-state index contributed by atoms with van der Waals surface area (Å²) in [5.74, 6) is -0.0967. The minimum atomic E-state index is -0.383. The molecule has 1 saturated heterocycles. The van der Waals surface area contributed by atoms with Crippen LogP contribution in [0, 0.1) is 0 Å². The van der Waals surface area contributed by atoms with Crippen molar-refractivity contribution in [2.75, 3.05) is 18.1 Å². The second kappa shape index (κ2) is 5.19. The molecule has 0 atom stereocenters. The van der Waals surface area contributed by atoms with Crippen LogP contribution in [0.15, 0.2) is 18.2 Å². The summed E-state index contributed by atoms with van der Waals surface area (Å²) >= 11 is 5.95. The van der Waals surface area contributed by atoms with Crippen molar-refractivity contribution >= 4 is 29.2 Å². The van der Waals surface area contributed by atoms with Gasteiger partial charge in [0.1, 0.15) is 6.61 Å². The molecule has 0 radical (unpaired) electrons. The van der Waals surface area contributed by atoms with Crippen molar-refractivity contribution in [1.82, 2.24) is 0 Å². The molecule has 0 aromatic heterocycles. The molecule has 1 aliphatic rings. The summed E-state index contributed by atoms with van der Waals surface area (Å²) in [4.78, 5) is 24.0. The average Bonchev–Trinajstić information content (AvgIpc) is 2.63. The van der Waals surface area contributed by atoms with E-state index in [1.165, 1.54) is 11.8 Å². The molecule has 5 heteroatoms. The third-order valence-corrected chi connectivity index (χ3v) is 2.72. The molecule has 0 N–H and O–H groups in total. The van der Waals surface area contributed by atoms with E-state index in [9.17, 15) is 9.59 Å². The average molecular weight is 256 g/mol. The Bertz CT molecular complexity index is 459. The molecule has 0 aliphatic carbocycles. The highest BCUT2D eigenvalue weighted by Gasteiger charge is 2.24. The van der Waals surface area contributed by atoms with Crippen LogP contribution in [0.25, 0.3) is 0 Å². The van der Waals surface area contributed by atoms with Crippen molar-refractivity contribution in [2.45, 2.75) is 14.4 Å². The van der Waals surface area contributed by atoms with Gasteiger partial charge in [0.05, 0.1) is 11.6 Å². The number of cyclic esters (lactones) is 1. The summed E-state index contributed by atoms with van der Waals surface area (Å²) in [7, 11) is 0. The van der Waals surface area contributed by atoms with Crippen LogP contribution >= 0.6 is 11.6 Å². The van der Waals surface area contributed by atoms with E-state index in [0.717, 1.165) is 0 Å². The smallest absolute Gasteiger partial charge is 0.414 e. The Hall–Kier alpha value is -1.55. The number of Topliss-reactive ketones (excluding diaryl/α,β-unsaturated/α-hetero) is 1. The Morgan fingerprint density at radius 2 is 2.18 bits per heavy atom. The number of anilines is 1. The zero-order valence-corrected chi connectivity index (χ0v) is 9.45. The van der Waals surface area contributed by atoms with Crippen LogP contribution in [-0.4, -0.2) is 25.0 Å². The molecule has 0 bridgehead atoms. The second-order valence-corrected chi connectivity index (χ2v) is 3.89. The van der Waals surface area contributed by atoms with E-state index >= 15 is 0 Å². The number of hydrogen-bond acceptors (Lipinski definition) is 3. The molecule has 1 aromatic carbocycles. The number of halogens is 1. The fourth-order valence-corrected chi connectivity index (χ4v) is 1.89. The van der Waals surface area contributed by atoms with Crippen molar-refractivity contribution in [1.29, 1.82) is 0 Å². The predicted octanol–water partition coefficient (Wildman–Crippen LogP) is 3.14. The summed E-state index contributed by atoms with van der Waals surface area (Å²) in [5.41, 5.74) is 1.11. The van der Waals surface area contributed by atoms with Gasteiger partial charge in [-0.25, -0.2) is 4.79 Å². The maximum absolute atomic E-state index is 11.3. The zero-order valence-electron chi connectivity index (χ0n) is 8.70. The summed E-state index contributed by atoms with van der Waals surface area (Å²) in [6.45, 7) is 2.34. The molecule has 0 saturated carbocycles. The predicted molar refractivity (Wildman–Crippen MR) is 66.9 cm³/mol. The normalized spacial score (nSPS) is 14.2. The lowest BCUT2D eigenvalue weighted by Crippen LogP contribution is -2.23. The van der Waals surface area contributed by atoms with Crippen molar-refractivity contribution < 1.29 is 14.3 Å². The number of nitrogens with zero attached hydrogens (tertiary/aromatic N) is 1. The first-order valence-corrected chi connectivity index (χ1v) is 5.22. The number of ketones is 1. The van der Waals surface area contributed by atoms with Crippen LogP contribution in [0.1, 0.15) is 24.7 Å². The van der Waals surface area contributed by atoms with Gasteiger partial charge in [-0.05, 0) is 25.1 Å². The molecule has 0 unspecified atom stereocenters. The molecule has 1 aliphatic heterocycles. The van der Waals surface area contributed by atoms with E-state index < -0.39 is 0 Å². The van der Waals surface area contributed by atoms with Gasteiger partial charge in [0.2, 0.25) is 0 Å². The molecule has 1 aromatic rings. The maximum Gasteiger partial charge on any atom is 0.414 e. The highest BCUT2D eigenvalue weighted by atomic mass is 35.5. The molecule has 0 spiro atoms. The lowest BCUT2D eigenvalue weighted by Gasteiger charge is -2.13. The molecule has 1 heterocycles. The fraction of sp³-hybridized carbons (Fsp3) is 0.333. The summed E-state index contributed by atoms with van der Waals surface area (Å²) in [5, 5.41) is 0.352. The van der Waals surface area contributed by atoms with E-state index in [0.29, 0.717) is 29.4 Å². The highest BCUT2D eigenvalue weighted by molar-refractivity contribution is 6.34. The first kappa shape index (κ1) is 13.5. The van der Waals surface area contributed by atoms with Crippen LogP contribution < -0.4 is 4.90 Å². The van der Waals surface area contributed by atoms with Crippen LogP contribution in [0.3, 0.4) is 0 Å². The van der Waals surface area contributed by atoms with Crippen LogP contribution in [-0.2, 0) is 4.74 Å². The second-order valence-electron chi connectivity index (χ2n) is 3.49. The Labute approximate surface area is 105 Å². The van der Waals surface area contributed by atoms with E-state index in [1.54, 1.807) is 18.2 Å². The number of hydrogen-bond donors (Lipinski definition) is 0. The van der Waals surface area contributed by atoms with Crippen LogP contribution in [0.5, 0.6) is 0 Å². The standard InChI is InChI=1S/C11H10ClNO3.CH4/c1-7(14)9-3-2-8(6-10(9)12)13-4-5-16-11(13)15;/h2-3,6H,4-5H2,1H3;1H4. The molecule has 92 valence electrons. The number of benzene rings is 1. The molecule has 4 nitrogen and oxygen atoms in total. The van der Waals surface area contributed by atoms with E-state index in [2.05, 4.69) is 0 Å². The van der Waals surface area contributed by atoms with Gasteiger partial charge in [0.15, 0.2) is 5.78 Å². The van der Waals surface area contributed by atoms with Crippen molar-refractivity contribution in [3.05, 3.63) is 28.8 Å². The molecule has 17 heavy (non-hydrogen) atoms. The van der Waals surface area contributed by atoms with E-state index in [1.807, 2.05) is 0 Å². The first-order valence-electron chi connectivity index (χ1n) is 4.84. The first-order chi connectivity index (χ1) is 7.59. The third kappa shape index (κ3) is 2.58. The van der Waals surface area contributed by atoms with Gasteiger partial charge in [-0.3, -0.25) is 9.69 Å². The van der Waals surface area contributed by atoms with Gasteiger partial charge < -0.3 is 4.74 Å². The lowest BCUT2D eigenvalue weighted by molar-refractivity contribution is 0.101. The number of carbonyl (C=O) groups excluding carboxylic acids is 2. The minimum absolute atomic E-state index is 0. The van der Waals surface area contributed by atoms with Gasteiger partial charge in [0, 0.05) is 11.3 Å². The third-order valence-electron chi connectivity index (χ3n) is 2.40. The monoisotopic (exact) mass is 255 g/mol. The van der Waals surface area contributed by atoms with Crippen LogP contribution in [0.2, 0.25) is 5.02 Å². The number of amides is 1. The Morgan fingerprint density at radius 1 is 1.47 bits per heavy atom. The highest BCUT2D eigenvalue weighted by Crippen LogP contribution is 2.25. The van der Waals surface area contributed by atoms with Crippen molar-refractivity contribution in [3.8, 4) is 0 Å². The maximum atomic E-state index is 11.3. The Balaban J connectivity index is 0.00000144. The van der Waals surface area contributed by atoms with Crippen LogP contribution in [0.4, 0.5) is 10.5 Å². The number of rotatable bonds is 2. The molecular formula is C12H14ClNO3. The minimum Gasteiger partial charge on any atom is -0.447 e. The summed E-state index contributed by atoms with van der Waals surface area (Å²) in [6, 6.07) is 4.91. The van der Waals surface area contributed by atoms with E-state index in [4.69, 9.17) is 16.3 Å². The molecule has 1 fully saturated rings. The Morgan fingerprint density at radius 3 is 2.65 bits per heavy atom. The van der Waals surface area contributed by atoms with Gasteiger partial charge in [-0.1, -0.05) is 19.0 Å². The van der Waals surface area contributed by atoms with E-state index in [-0.39, 0.29) is 19.3 Å². The Kier molecular flexibility index (Phi) is 4.12. The lowest BCUT2D eigenvalue weighted by atomic mass is 10.1. The number of ether oxygens (including phenoxy) is 1. The quantitative estimate of drug-likeness (QED) is 0.763. The van der Waals surface area contributed by atoms with Gasteiger partial charge in [-0.2, -0.15) is 0 Å². The van der Waals surface area contributed by atoms with Crippen molar-refractivity contribution in [2.24, 2.45) is 0 Å². The van der Waals surface area contributed by atoms with Gasteiger partial charge >= 0.3 is 6.09 Å². The topological polar surface area (TPSA) is 46.6 Å². The number of carbonyl (C=O) groups is 2. The van der Waals surface area contributed by atoms with Gasteiger partial charge in [0.25, 0.3) is 0 Å². The molecular weight excluding hydrogens is 242 g/mol. The largest absolute Gasteiger partial charge is 0.447 e. The molecule has 1 amide bonds. The molecule has 2 rings (SSSR count). The SMILES string of the molecule is C.CC(=O)c1ccc(N2CCOC2=O)cc1Cl. The van der Waals surface area contributed by atoms with Gasteiger partial charge in [-0.15, -0.1) is 0 Å².